The lowest BCUT2D eigenvalue weighted by Gasteiger charge is -2.26. The van der Waals surface area contributed by atoms with E-state index in [1.54, 1.807) is 0 Å². The molecule has 0 aliphatic carbocycles. The number of hydrogen-bond donors (Lipinski definition) is 0. The normalized spacial score (nSPS) is 16.5. The van der Waals surface area contributed by atoms with Crippen LogP contribution in [-0.2, 0) is 5.41 Å². The molecule has 0 atom stereocenters. The van der Waals surface area contributed by atoms with Crippen molar-refractivity contribution < 1.29 is 9.53 Å². The molecule has 0 unspecified atom stereocenters. The van der Waals surface area contributed by atoms with Crippen molar-refractivity contribution >= 4 is 5.78 Å². The minimum absolute atomic E-state index is 0.0326. The molecule has 0 N–H and O–H groups in total. The largest absolute Gasteiger partial charge is 0.493 e. The highest BCUT2D eigenvalue weighted by molar-refractivity contribution is 6.00. The van der Waals surface area contributed by atoms with E-state index in [4.69, 9.17) is 4.74 Å². The molecule has 1 saturated heterocycles. The fourth-order valence-corrected chi connectivity index (χ4v) is 2.90. The predicted octanol–water partition coefficient (Wildman–Crippen LogP) is 4.05. The average Bonchev–Trinajstić information content (AvgIpc) is 2.47. The summed E-state index contributed by atoms with van der Waals surface area (Å²) in [4.78, 5) is 15.0. The van der Waals surface area contributed by atoms with E-state index in [0.29, 0.717) is 13.2 Å². The third-order valence-corrected chi connectivity index (χ3v) is 4.26. The predicted molar refractivity (Wildman–Crippen MR) is 90.9 cm³/mol. The monoisotopic (exact) mass is 303 g/mol. The highest BCUT2D eigenvalue weighted by atomic mass is 16.5. The summed E-state index contributed by atoms with van der Waals surface area (Å²) >= 11 is 0. The van der Waals surface area contributed by atoms with Crippen LogP contribution in [-0.4, -0.2) is 36.9 Å². The van der Waals surface area contributed by atoms with Crippen LogP contribution in [0.2, 0.25) is 0 Å². The number of hydrogen-bond acceptors (Lipinski definition) is 3. The van der Waals surface area contributed by atoms with Crippen LogP contribution in [0.3, 0.4) is 0 Å². The molecule has 1 aliphatic heterocycles. The Labute approximate surface area is 134 Å². The summed E-state index contributed by atoms with van der Waals surface area (Å²) in [6.07, 6.45) is 3.69. The number of Topliss-reactive ketones (excluding diaryl/α,β-unsaturated/α-hetero) is 1. The Morgan fingerprint density at radius 2 is 1.86 bits per heavy atom. The molecule has 22 heavy (non-hydrogen) atoms. The lowest BCUT2D eigenvalue weighted by molar-refractivity contribution is 0.0912. The second-order valence-corrected chi connectivity index (χ2v) is 7.15. The Kier molecular flexibility index (Phi) is 5.63. The van der Waals surface area contributed by atoms with E-state index < -0.39 is 0 Å². The van der Waals surface area contributed by atoms with Gasteiger partial charge >= 0.3 is 0 Å². The van der Waals surface area contributed by atoms with Gasteiger partial charge in [-0.15, -0.1) is 0 Å². The maximum atomic E-state index is 12.8. The van der Waals surface area contributed by atoms with Crippen LogP contribution >= 0.6 is 0 Å². The molecule has 1 heterocycles. The van der Waals surface area contributed by atoms with Gasteiger partial charge in [-0.05, 0) is 56.0 Å². The van der Waals surface area contributed by atoms with Gasteiger partial charge in [0.2, 0.25) is 0 Å². The second kappa shape index (κ2) is 7.28. The van der Waals surface area contributed by atoms with E-state index in [0.717, 1.165) is 24.4 Å². The molecule has 0 bridgehead atoms. The van der Waals surface area contributed by atoms with Gasteiger partial charge in [0.05, 0.1) is 18.7 Å². The molecule has 1 fully saturated rings. The van der Waals surface area contributed by atoms with Crippen LogP contribution < -0.4 is 4.74 Å². The maximum Gasteiger partial charge on any atom is 0.180 e. The number of carbonyl (C=O) groups excluding carboxylic acids is 1. The number of ether oxygens (including phenoxy) is 1. The molecule has 3 nitrogen and oxygen atoms in total. The van der Waals surface area contributed by atoms with E-state index in [-0.39, 0.29) is 11.2 Å². The van der Waals surface area contributed by atoms with Crippen LogP contribution in [0.25, 0.3) is 0 Å². The number of nitrogens with zero attached hydrogens (tertiary/aromatic N) is 1. The van der Waals surface area contributed by atoms with Gasteiger partial charge in [0.15, 0.2) is 5.78 Å². The van der Waals surface area contributed by atoms with E-state index in [9.17, 15) is 4.79 Å². The number of carbonyl (C=O) groups is 1. The zero-order valence-corrected chi connectivity index (χ0v) is 14.4. The lowest BCUT2D eigenvalue weighted by atomic mass is 9.85. The topological polar surface area (TPSA) is 29.5 Å². The second-order valence-electron chi connectivity index (χ2n) is 7.15. The molecule has 3 heteroatoms. The minimum Gasteiger partial charge on any atom is -0.493 e. The van der Waals surface area contributed by atoms with Gasteiger partial charge in [-0.2, -0.15) is 0 Å². The van der Waals surface area contributed by atoms with Crippen LogP contribution in [0.5, 0.6) is 5.75 Å². The van der Waals surface area contributed by atoms with Crippen LogP contribution in [0.15, 0.2) is 18.2 Å². The van der Waals surface area contributed by atoms with Crippen molar-refractivity contribution in [1.29, 1.82) is 0 Å². The number of piperidine rings is 1. The number of rotatable bonds is 5. The number of benzene rings is 1. The van der Waals surface area contributed by atoms with Crippen molar-refractivity contribution in [3.8, 4) is 5.75 Å². The van der Waals surface area contributed by atoms with Gasteiger partial charge in [-0.3, -0.25) is 9.69 Å². The Hall–Kier alpha value is -1.35. The smallest absolute Gasteiger partial charge is 0.180 e. The van der Waals surface area contributed by atoms with E-state index >= 15 is 0 Å². The molecular formula is C19H29NO2. The molecule has 122 valence electrons. The molecule has 2 rings (SSSR count). The van der Waals surface area contributed by atoms with E-state index in [2.05, 4.69) is 31.7 Å². The molecule has 0 amide bonds. The van der Waals surface area contributed by atoms with Gasteiger partial charge in [-0.25, -0.2) is 0 Å². The molecule has 1 aromatic carbocycles. The van der Waals surface area contributed by atoms with Gasteiger partial charge in [0.1, 0.15) is 5.75 Å². The quantitative estimate of drug-likeness (QED) is 0.769. The molecule has 1 aliphatic rings. The summed E-state index contributed by atoms with van der Waals surface area (Å²) in [6, 6.07) is 6.05. The van der Waals surface area contributed by atoms with Gasteiger partial charge in [0, 0.05) is 0 Å². The highest BCUT2D eigenvalue weighted by Gasteiger charge is 2.21. The van der Waals surface area contributed by atoms with E-state index in [1.165, 1.54) is 24.8 Å². The van der Waals surface area contributed by atoms with Crippen molar-refractivity contribution in [3.05, 3.63) is 29.3 Å². The van der Waals surface area contributed by atoms with E-state index in [1.807, 2.05) is 19.1 Å². The Balaban J connectivity index is 2.23. The summed E-state index contributed by atoms with van der Waals surface area (Å²) in [5.41, 5.74) is 1.95. The summed E-state index contributed by atoms with van der Waals surface area (Å²) in [5, 5.41) is 0. The van der Waals surface area contributed by atoms with Gasteiger partial charge in [0.25, 0.3) is 0 Å². The first-order valence-corrected chi connectivity index (χ1v) is 8.44. The molecule has 0 radical (unpaired) electrons. The molecule has 0 spiro atoms. The zero-order valence-electron chi connectivity index (χ0n) is 14.4. The van der Waals surface area contributed by atoms with Crippen molar-refractivity contribution in [2.75, 3.05) is 26.2 Å². The first-order chi connectivity index (χ1) is 10.4. The molecule has 0 saturated carbocycles. The summed E-state index contributed by atoms with van der Waals surface area (Å²) in [5.74, 6) is 0.897. The SMILES string of the molecule is CCOc1ccc(C(C)(C)C)cc1C(=O)CN1CCCCC1. The van der Waals surface area contributed by atoms with Crippen molar-refractivity contribution in [2.45, 2.75) is 52.4 Å². The van der Waals surface area contributed by atoms with Crippen LogP contribution in [0.4, 0.5) is 0 Å². The Bertz CT molecular complexity index is 511. The maximum absolute atomic E-state index is 12.8. The van der Waals surface area contributed by atoms with Crippen molar-refractivity contribution in [3.63, 3.8) is 0 Å². The average molecular weight is 303 g/mol. The van der Waals surface area contributed by atoms with Crippen LogP contribution in [0, 0.1) is 0 Å². The molecule has 0 aromatic heterocycles. The standard InChI is InChI=1S/C19H29NO2/c1-5-22-18-10-9-15(19(2,3)4)13-16(18)17(21)14-20-11-7-6-8-12-20/h9-10,13H,5-8,11-12,14H2,1-4H3. The zero-order chi connectivity index (χ0) is 16.2. The third-order valence-electron chi connectivity index (χ3n) is 4.26. The summed E-state index contributed by atoms with van der Waals surface area (Å²) < 4.78 is 5.68. The molecule has 1 aromatic rings. The Morgan fingerprint density at radius 3 is 2.45 bits per heavy atom. The fourth-order valence-electron chi connectivity index (χ4n) is 2.90. The minimum atomic E-state index is 0.0326. The lowest BCUT2D eigenvalue weighted by Crippen LogP contribution is -2.34. The summed E-state index contributed by atoms with van der Waals surface area (Å²) in [7, 11) is 0. The van der Waals surface area contributed by atoms with Gasteiger partial charge < -0.3 is 4.74 Å². The van der Waals surface area contributed by atoms with Crippen molar-refractivity contribution in [1.82, 2.24) is 4.90 Å². The Morgan fingerprint density at radius 1 is 1.18 bits per heavy atom. The van der Waals surface area contributed by atoms with Crippen molar-refractivity contribution in [2.24, 2.45) is 0 Å². The third kappa shape index (κ3) is 4.33. The highest BCUT2D eigenvalue weighted by Crippen LogP contribution is 2.28. The fraction of sp³-hybridized carbons (Fsp3) is 0.632. The van der Waals surface area contributed by atoms with Gasteiger partial charge in [-0.1, -0.05) is 33.3 Å². The van der Waals surface area contributed by atoms with Crippen LogP contribution in [0.1, 0.15) is 62.9 Å². The molecular weight excluding hydrogens is 274 g/mol. The number of likely N-dealkylation sites (tertiary alicyclic amines) is 1. The first-order valence-electron chi connectivity index (χ1n) is 8.44. The first kappa shape index (κ1) is 17.0. The number of ketones is 1. The summed E-state index contributed by atoms with van der Waals surface area (Å²) in [6.45, 7) is 11.6.